The third kappa shape index (κ3) is 3.73. The minimum atomic E-state index is -0.463. The number of fused-ring (bicyclic) bond motifs is 1. The molecule has 2 aromatic rings. The molecule has 0 unspecified atom stereocenters. The zero-order valence-corrected chi connectivity index (χ0v) is 16.2. The van der Waals surface area contributed by atoms with Crippen LogP contribution in [0.15, 0.2) is 6.33 Å². The second-order valence-electron chi connectivity index (χ2n) is 8.17. The molecule has 2 aromatic heterocycles. The van der Waals surface area contributed by atoms with Crippen LogP contribution in [0.5, 0.6) is 0 Å². The van der Waals surface area contributed by atoms with Crippen LogP contribution in [-0.4, -0.2) is 49.9 Å². The number of nitrogen functional groups attached to an aromatic ring is 1. The smallest absolute Gasteiger partial charge is 0.410 e. The fraction of sp³-hybridized carbons (Fsp3) is 0.667. The molecule has 0 bridgehead atoms. The zero-order chi connectivity index (χ0) is 19.1. The Morgan fingerprint density at radius 2 is 2.08 bits per heavy atom. The van der Waals surface area contributed by atoms with E-state index in [2.05, 4.69) is 15.1 Å². The first-order valence-corrected chi connectivity index (χ1v) is 9.05. The van der Waals surface area contributed by atoms with Crippen molar-refractivity contribution in [3.05, 3.63) is 12.0 Å². The highest BCUT2D eigenvalue weighted by atomic mass is 16.6. The Morgan fingerprint density at radius 1 is 1.38 bits per heavy atom. The molecule has 1 aliphatic carbocycles. The van der Waals surface area contributed by atoms with Gasteiger partial charge in [0, 0.05) is 13.6 Å². The zero-order valence-electron chi connectivity index (χ0n) is 16.2. The summed E-state index contributed by atoms with van der Waals surface area (Å²) in [6.45, 7) is 8.26. The first-order valence-electron chi connectivity index (χ1n) is 9.05. The molecule has 1 aliphatic rings. The number of ether oxygens (including phenoxy) is 1. The molecule has 3 rings (SSSR count). The van der Waals surface area contributed by atoms with E-state index in [1.807, 2.05) is 32.4 Å². The summed E-state index contributed by atoms with van der Waals surface area (Å²) in [5.74, 6) is 1.05. The summed E-state index contributed by atoms with van der Waals surface area (Å²) in [7, 11) is 1.79. The van der Waals surface area contributed by atoms with Crippen molar-refractivity contribution < 1.29 is 9.53 Å². The van der Waals surface area contributed by atoms with E-state index in [-0.39, 0.29) is 6.09 Å². The van der Waals surface area contributed by atoms with E-state index in [1.54, 1.807) is 11.9 Å². The Hall–Kier alpha value is -2.38. The minimum Gasteiger partial charge on any atom is -0.444 e. The van der Waals surface area contributed by atoms with Crippen LogP contribution in [0.4, 0.5) is 10.6 Å². The van der Waals surface area contributed by atoms with Gasteiger partial charge in [0.2, 0.25) is 0 Å². The van der Waals surface area contributed by atoms with Crippen molar-refractivity contribution in [3.8, 4) is 0 Å². The topological polar surface area (TPSA) is 99.2 Å². The number of anilines is 1. The van der Waals surface area contributed by atoms with Gasteiger partial charge in [-0.2, -0.15) is 5.10 Å². The summed E-state index contributed by atoms with van der Waals surface area (Å²) in [4.78, 5) is 22.1. The van der Waals surface area contributed by atoms with E-state index in [0.29, 0.717) is 24.3 Å². The average Bonchev–Trinajstić information content (AvgIpc) is 2.82. The molecule has 26 heavy (non-hydrogen) atoms. The molecule has 0 atom stereocenters. The number of amides is 1. The van der Waals surface area contributed by atoms with E-state index >= 15 is 0 Å². The van der Waals surface area contributed by atoms with E-state index in [4.69, 9.17) is 10.5 Å². The number of rotatable bonds is 4. The Balaban J connectivity index is 1.54. The van der Waals surface area contributed by atoms with E-state index in [1.165, 1.54) is 6.33 Å². The maximum atomic E-state index is 12.0. The fourth-order valence-corrected chi connectivity index (χ4v) is 3.37. The maximum Gasteiger partial charge on any atom is 0.410 e. The van der Waals surface area contributed by atoms with Gasteiger partial charge in [-0.1, -0.05) is 0 Å². The van der Waals surface area contributed by atoms with Gasteiger partial charge in [-0.15, -0.1) is 0 Å². The van der Waals surface area contributed by atoms with Gasteiger partial charge in [0.1, 0.15) is 17.7 Å². The monoisotopic (exact) mass is 360 g/mol. The normalized spacial score (nSPS) is 20.0. The van der Waals surface area contributed by atoms with Gasteiger partial charge >= 0.3 is 6.09 Å². The minimum absolute atomic E-state index is 0.269. The molecule has 0 saturated heterocycles. The molecule has 2 heterocycles. The van der Waals surface area contributed by atoms with Gasteiger partial charge in [-0.25, -0.2) is 19.4 Å². The van der Waals surface area contributed by atoms with Crippen LogP contribution in [0.25, 0.3) is 11.0 Å². The Kier molecular flexibility index (Phi) is 4.77. The van der Waals surface area contributed by atoms with Crippen molar-refractivity contribution in [1.82, 2.24) is 24.6 Å². The Morgan fingerprint density at radius 3 is 2.73 bits per heavy atom. The highest BCUT2D eigenvalue weighted by molar-refractivity contribution is 5.87. The van der Waals surface area contributed by atoms with Gasteiger partial charge in [-0.05, 0) is 52.9 Å². The molecule has 142 valence electrons. The first kappa shape index (κ1) is 18.4. The molecule has 0 aromatic carbocycles. The number of carbonyl (C=O) groups is 1. The van der Waals surface area contributed by atoms with Crippen molar-refractivity contribution in [2.24, 2.45) is 5.92 Å². The van der Waals surface area contributed by atoms with Gasteiger partial charge in [0.05, 0.1) is 17.1 Å². The quantitative estimate of drug-likeness (QED) is 0.900. The molecule has 0 spiro atoms. The SMILES string of the molecule is Cc1nn(C2CC(CCN(C)C(=O)OC(C)(C)C)C2)c2ncnc(N)c12. The number of hydrogen-bond acceptors (Lipinski definition) is 6. The predicted octanol–water partition coefficient (Wildman–Crippen LogP) is 2.93. The van der Waals surface area contributed by atoms with Crippen LogP contribution in [0, 0.1) is 12.8 Å². The Bertz CT molecular complexity index is 804. The third-order valence-electron chi connectivity index (χ3n) is 4.83. The van der Waals surface area contributed by atoms with Crippen LogP contribution < -0.4 is 5.73 Å². The molecule has 1 amide bonds. The summed E-state index contributed by atoms with van der Waals surface area (Å²) in [5.41, 5.74) is 7.17. The van der Waals surface area contributed by atoms with E-state index in [9.17, 15) is 4.79 Å². The van der Waals surface area contributed by atoms with Crippen molar-refractivity contribution >= 4 is 22.9 Å². The number of aromatic nitrogens is 4. The molecule has 0 aliphatic heterocycles. The number of carbonyl (C=O) groups excluding carboxylic acids is 1. The lowest BCUT2D eigenvalue weighted by molar-refractivity contribution is 0.0276. The van der Waals surface area contributed by atoms with Crippen molar-refractivity contribution in [2.75, 3.05) is 19.3 Å². The van der Waals surface area contributed by atoms with Crippen molar-refractivity contribution in [2.45, 2.75) is 58.6 Å². The number of hydrogen-bond donors (Lipinski definition) is 1. The number of nitrogens with zero attached hydrogens (tertiary/aromatic N) is 5. The summed E-state index contributed by atoms with van der Waals surface area (Å²) >= 11 is 0. The van der Waals surface area contributed by atoms with Crippen LogP contribution in [-0.2, 0) is 4.74 Å². The van der Waals surface area contributed by atoms with Crippen molar-refractivity contribution in [3.63, 3.8) is 0 Å². The molecule has 0 radical (unpaired) electrons. The lowest BCUT2D eigenvalue weighted by atomic mass is 9.78. The van der Waals surface area contributed by atoms with Gasteiger partial charge < -0.3 is 15.4 Å². The maximum absolute atomic E-state index is 12.0. The summed E-state index contributed by atoms with van der Waals surface area (Å²) in [5, 5.41) is 5.47. The third-order valence-corrected chi connectivity index (χ3v) is 4.83. The summed E-state index contributed by atoms with van der Waals surface area (Å²) in [6, 6.07) is 0.331. The largest absolute Gasteiger partial charge is 0.444 e. The van der Waals surface area contributed by atoms with Gasteiger partial charge in [0.25, 0.3) is 0 Å². The van der Waals surface area contributed by atoms with Crippen LogP contribution in [0.3, 0.4) is 0 Å². The standard InChI is InChI=1S/C18H28N6O2/c1-11-14-15(19)20-10-21-16(14)24(22-11)13-8-12(9-13)6-7-23(5)17(25)26-18(2,3)4/h10,12-13H,6-9H2,1-5H3,(H2,19,20,21). The highest BCUT2D eigenvalue weighted by Gasteiger charge is 2.33. The Labute approximate surface area is 153 Å². The van der Waals surface area contributed by atoms with Crippen LogP contribution in [0.2, 0.25) is 0 Å². The lowest BCUT2D eigenvalue weighted by Gasteiger charge is -2.36. The van der Waals surface area contributed by atoms with E-state index < -0.39 is 5.60 Å². The number of aryl methyl sites for hydroxylation is 1. The molecule has 8 heteroatoms. The molecular formula is C18H28N6O2. The molecular weight excluding hydrogens is 332 g/mol. The molecule has 8 nitrogen and oxygen atoms in total. The lowest BCUT2D eigenvalue weighted by Crippen LogP contribution is -2.36. The van der Waals surface area contributed by atoms with E-state index in [0.717, 1.165) is 36.0 Å². The summed E-state index contributed by atoms with van der Waals surface area (Å²) < 4.78 is 7.37. The predicted molar refractivity (Wildman–Crippen MR) is 99.7 cm³/mol. The molecule has 1 saturated carbocycles. The number of nitrogens with two attached hydrogens (primary N) is 1. The van der Waals surface area contributed by atoms with Gasteiger partial charge in [0.15, 0.2) is 5.65 Å². The van der Waals surface area contributed by atoms with Crippen LogP contribution >= 0.6 is 0 Å². The van der Waals surface area contributed by atoms with Gasteiger partial charge in [-0.3, -0.25) is 0 Å². The average molecular weight is 360 g/mol. The molecule has 2 N–H and O–H groups in total. The highest BCUT2D eigenvalue weighted by Crippen LogP contribution is 2.41. The fourth-order valence-electron chi connectivity index (χ4n) is 3.37. The van der Waals surface area contributed by atoms with Crippen LogP contribution in [0.1, 0.15) is 51.8 Å². The first-order chi connectivity index (χ1) is 12.2. The van der Waals surface area contributed by atoms with Crippen molar-refractivity contribution in [1.29, 1.82) is 0 Å². The summed E-state index contributed by atoms with van der Waals surface area (Å²) in [6.07, 6.45) is 4.24. The second-order valence-corrected chi connectivity index (χ2v) is 8.17. The molecule has 1 fully saturated rings. The second kappa shape index (κ2) is 6.74.